The molecule has 1 atom stereocenters. The summed E-state index contributed by atoms with van der Waals surface area (Å²) < 4.78 is 15.9. The quantitative estimate of drug-likeness (QED) is 0.290. The Morgan fingerprint density at radius 3 is 2.23 bits per heavy atom. The number of Topliss-reactive ketones (excluding diaryl/α,β-unsaturated/α-hetero) is 1. The number of rotatable bonds is 6. The molecule has 1 amide bonds. The molecule has 0 radical (unpaired) electrons. The highest BCUT2D eigenvalue weighted by atomic mass is 35.5. The van der Waals surface area contributed by atoms with E-state index in [1.807, 2.05) is 0 Å². The van der Waals surface area contributed by atoms with Crippen LogP contribution in [0, 0.1) is 0 Å². The van der Waals surface area contributed by atoms with Gasteiger partial charge in [-0.3, -0.25) is 14.5 Å². The van der Waals surface area contributed by atoms with E-state index in [0.717, 1.165) is 0 Å². The zero-order chi connectivity index (χ0) is 25.3. The molecule has 8 nitrogen and oxygen atoms in total. The number of hydrogen-bond acceptors (Lipinski definition) is 7. The van der Waals surface area contributed by atoms with Crippen molar-refractivity contribution in [2.45, 2.75) is 6.04 Å². The Balaban J connectivity index is 1.99. The molecule has 1 aliphatic rings. The van der Waals surface area contributed by atoms with Gasteiger partial charge in [-0.25, -0.2) is 0 Å². The summed E-state index contributed by atoms with van der Waals surface area (Å²) in [5.41, 5.74) is 0.850. The number of nitrogens with zero attached hydrogens (tertiary/aromatic N) is 1. The number of benzene rings is 3. The second kappa shape index (κ2) is 9.60. The molecular weight excluding hydrogens is 474 g/mol. The summed E-state index contributed by atoms with van der Waals surface area (Å²) in [6, 6.07) is 14.6. The Labute approximate surface area is 206 Å². The summed E-state index contributed by atoms with van der Waals surface area (Å²) >= 11 is 6.20. The minimum absolute atomic E-state index is 0.0104. The average Bonchev–Trinajstić information content (AvgIpc) is 3.14. The molecule has 3 aromatic rings. The smallest absolute Gasteiger partial charge is 0.300 e. The second-order valence-corrected chi connectivity index (χ2v) is 8.06. The summed E-state index contributed by atoms with van der Waals surface area (Å²) in [4.78, 5) is 27.9. The van der Waals surface area contributed by atoms with Crippen molar-refractivity contribution in [2.75, 3.05) is 26.2 Å². The van der Waals surface area contributed by atoms with Crippen molar-refractivity contribution >= 4 is 34.7 Å². The molecule has 0 aliphatic carbocycles. The molecule has 1 saturated heterocycles. The number of aromatic hydroxyl groups is 1. The SMILES string of the molecule is COc1cccc(N2C(=O)C(=O)/C(=C(/O)c3cc(OC)c(Cl)cc3OC)C2c2ccc(O)cc2)c1. The average molecular weight is 496 g/mol. The third kappa shape index (κ3) is 4.24. The lowest BCUT2D eigenvalue weighted by Crippen LogP contribution is -2.29. The van der Waals surface area contributed by atoms with Gasteiger partial charge in [0.05, 0.1) is 43.5 Å². The highest BCUT2D eigenvalue weighted by molar-refractivity contribution is 6.51. The van der Waals surface area contributed by atoms with Crippen LogP contribution in [0.15, 0.2) is 66.2 Å². The first-order valence-corrected chi connectivity index (χ1v) is 10.8. The summed E-state index contributed by atoms with van der Waals surface area (Å²) in [6.07, 6.45) is 0. The number of hydrogen-bond donors (Lipinski definition) is 2. The van der Waals surface area contributed by atoms with E-state index in [9.17, 15) is 19.8 Å². The molecule has 35 heavy (non-hydrogen) atoms. The van der Waals surface area contributed by atoms with Crippen molar-refractivity contribution < 1.29 is 34.0 Å². The Morgan fingerprint density at radius 1 is 0.914 bits per heavy atom. The fraction of sp³-hybridized carbons (Fsp3) is 0.154. The van der Waals surface area contributed by atoms with Crippen LogP contribution < -0.4 is 19.1 Å². The molecule has 3 aromatic carbocycles. The van der Waals surface area contributed by atoms with Gasteiger partial charge in [-0.1, -0.05) is 29.8 Å². The molecule has 1 unspecified atom stereocenters. The number of carbonyl (C=O) groups is 2. The van der Waals surface area contributed by atoms with Crippen molar-refractivity contribution in [3.8, 4) is 23.0 Å². The molecule has 0 aromatic heterocycles. The molecule has 4 rings (SSSR count). The summed E-state index contributed by atoms with van der Waals surface area (Å²) in [5.74, 6) is -1.26. The van der Waals surface area contributed by atoms with Crippen LogP contribution in [0.4, 0.5) is 5.69 Å². The lowest BCUT2D eigenvalue weighted by atomic mass is 9.94. The van der Waals surface area contributed by atoms with Crippen molar-refractivity contribution in [3.63, 3.8) is 0 Å². The van der Waals surface area contributed by atoms with Crippen LogP contribution >= 0.6 is 11.6 Å². The molecule has 1 fully saturated rings. The van der Waals surface area contributed by atoms with E-state index in [4.69, 9.17) is 25.8 Å². The maximum absolute atomic E-state index is 13.3. The van der Waals surface area contributed by atoms with Gasteiger partial charge in [0, 0.05) is 17.8 Å². The molecule has 0 bridgehead atoms. The first kappa shape index (κ1) is 24.0. The number of phenols is 1. The Morgan fingerprint density at radius 2 is 1.60 bits per heavy atom. The number of amides is 1. The van der Waals surface area contributed by atoms with Gasteiger partial charge in [0.2, 0.25) is 0 Å². The van der Waals surface area contributed by atoms with E-state index in [1.54, 1.807) is 36.4 Å². The number of halogens is 1. The number of aliphatic hydroxyl groups is 1. The maximum atomic E-state index is 13.3. The monoisotopic (exact) mass is 495 g/mol. The fourth-order valence-corrected chi connectivity index (χ4v) is 4.25. The third-order valence-corrected chi connectivity index (χ3v) is 6.01. The molecular formula is C26H22ClNO7. The van der Waals surface area contributed by atoms with Gasteiger partial charge in [0.15, 0.2) is 0 Å². The predicted molar refractivity (Wildman–Crippen MR) is 130 cm³/mol. The van der Waals surface area contributed by atoms with E-state index in [2.05, 4.69) is 0 Å². The highest BCUT2D eigenvalue weighted by Crippen LogP contribution is 2.45. The molecule has 9 heteroatoms. The second-order valence-electron chi connectivity index (χ2n) is 7.65. The number of ketones is 1. The topological polar surface area (TPSA) is 106 Å². The number of aliphatic hydroxyl groups excluding tert-OH is 1. The molecule has 180 valence electrons. The summed E-state index contributed by atoms with van der Waals surface area (Å²) in [6.45, 7) is 0. The predicted octanol–water partition coefficient (Wildman–Crippen LogP) is 4.70. The minimum atomic E-state index is -1.01. The largest absolute Gasteiger partial charge is 0.508 e. The van der Waals surface area contributed by atoms with Crippen LogP contribution in [0.5, 0.6) is 23.0 Å². The lowest BCUT2D eigenvalue weighted by molar-refractivity contribution is -0.132. The van der Waals surface area contributed by atoms with Crippen LogP contribution in [0.3, 0.4) is 0 Å². The molecule has 2 N–H and O–H groups in total. The Bertz CT molecular complexity index is 1330. The van der Waals surface area contributed by atoms with Crippen LogP contribution in [0.2, 0.25) is 5.02 Å². The molecule has 1 heterocycles. The van der Waals surface area contributed by atoms with Crippen LogP contribution in [0.1, 0.15) is 17.2 Å². The molecule has 1 aliphatic heterocycles. The normalized spacial score (nSPS) is 16.9. The van der Waals surface area contributed by atoms with Crippen LogP contribution in [0.25, 0.3) is 5.76 Å². The highest BCUT2D eigenvalue weighted by Gasteiger charge is 2.47. The van der Waals surface area contributed by atoms with Crippen LogP contribution in [-0.4, -0.2) is 43.2 Å². The van der Waals surface area contributed by atoms with Crippen molar-refractivity contribution in [3.05, 3.63) is 82.4 Å². The zero-order valence-corrected chi connectivity index (χ0v) is 19.9. The first-order valence-electron chi connectivity index (χ1n) is 10.5. The zero-order valence-electron chi connectivity index (χ0n) is 19.1. The molecule has 0 saturated carbocycles. The number of phenolic OH excluding ortho intramolecular Hbond substituents is 1. The van der Waals surface area contributed by atoms with Gasteiger partial charge in [-0.05, 0) is 35.9 Å². The van der Waals surface area contributed by atoms with E-state index in [0.29, 0.717) is 17.0 Å². The number of anilines is 1. The van der Waals surface area contributed by atoms with E-state index in [-0.39, 0.29) is 33.4 Å². The van der Waals surface area contributed by atoms with Gasteiger partial charge in [0.1, 0.15) is 28.8 Å². The van der Waals surface area contributed by atoms with Crippen molar-refractivity contribution in [2.24, 2.45) is 0 Å². The first-order chi connectivity index (χ1) is 16.8. The van der Waals surface area contributed by atoms with Gasteiger partial charge in [-0.2, -0.15) is 0 Å². The Hall–Kier alpha value is -4.17. The van der Waals surface area contributed by atoms with Crippen molar-refractivity contribution in [1.29, 1.82) is 0 Å². The third-order valence-electron chi connectivity index (χ3n) is 5.71. The number of methoxy groups -OCH3 is 3. The fourth-order valence-electron chi connectivity index (χ4n) is 4.02. The maximum Gasteiger partial charge on any atom is 0.300 e. The minimum Gasteiger partial charge on any atom is -0.508 e. The summed E-state index contributed by atoms with van der Waals surface area (Å²) in [5, 5.41) is 21.4. The van der Waals surface area contributed by atoms with Crippen LogP contribution in [-0.2, 0) is 9.59 Å². The standard InChI is InChI=1S/C26H22ClNO7/c1-33-17-6-4-5-15(11-17)28-23(14-7-9-16(29)10-8-14)22(25(31)26(28)32)24(30)18-12-21(35-3)19(27)13-20(18)34-2/h4-13,23,29-30H,1-3H3/b24-22+. The van der Waals surface area contributed by atoms with Gasteiger partial charge in [0.25, 0.3) is 11.7 Å². The number of carbonyl (C=O) groups excluding carboxylic acids is 2. The van der Waals surface area contributed by atoms with E-state index >= 15 is 0 Å². The van der Waals surface area contributed by atoms with Gasteiger partial charge < -0.3 is 24.4 Å². The summed E-state index contributed by atoms with van der Waals surface area (Å²) in [7, 11) is 4.29. The van der Waals surface area contributed by atoms with E-state index < -0.39 is 23.5 Å². The van der Waals surface area contributed by atoms with Crippen molar-refractivity contribution in [1.82, 2.24) is 0 Å². The number of ether oxygens (including phenoxy) is 3. The lowest BCUT2D eigenvalue weighted by Gasteiger charge is -2.26. The van der Waals surface area contributed by atoms with Gasteiger partial charge in [-0.15, -0.1) is 0 Å². The Kier molecular flexibility index (Phi) is 6.57. The van der Waals surface area contributed by atoms with Gasteiger partial charge >= 0.3 is 0 Å². The van der Waals surface area contributed by atoms with E-state index in [1.165, 1.54) is 50.5 Å². The molecule has 0 spiro atoms.